The minimum atomic E-state index is -0.0552. The van der Waals surface area contributed by atoms with E-state index in [0.717, 1.165) is 44.6 Å². The van der Waals surface area contributed by atoms with Gasteiger partial charge in [-0.3, -0.25) is 14.9 Å². The zero-order chi connectivity index (χ0) is 23.9. The average Bonchev–Trinajstić information content (AvgIpc) is 3.61. The molecule has 0 unspecified atom stereocenters. The van der Waals surface area contributed by atoms with Crippen molar-refractivity contribution < 1.29 is 4.79 Å². The van der Waals surface area contributed by atoms with Crippen molar-refractivity contribution >= 4 is 44.9 Å². The largest absolute Gasteiger partial charge is 0.353 e. The number of hydrogen-bond acceptors (Lipinski definition) is 5. The van der Waals surface area contributed by atoms with E-state index >= 15 is 0 Å². The van der Waals surface area contributed by atoms with Crippen molar-refractivity contribution in [1.82, 2.24) is 25.1 Å². The Hall–Kier alpha value is -4.30. The topological polar surface area (TPSA) is 99.4 Å². The molecule has 0 saturated heterocycles. The lowest BCUT2D eigenvalue weighted by Gasteiger charge is -2.06. The van der Waals surface area contributed by atoms with Crippen molar-refractivity contribution in [2.45, 2.75) is 20.3 Å². The highest BCUT2D eigenvalue weighted by molar-refractivity contribution is 7.15. The Morgan fingerprint density at radius 2 is 1.97 bits per heavy atom. The molecule has 172 valence electrons. The van der Waals surface area contributed by atoms with Crippen LogP contribution < -0.4 is 5.32 Å². The van der Waals surface area contributed by atoms with Gasteiger partial charge in [0.05, 0.1) is 28.8 Å². The van der Waals surface area contributed by atoms with Crippen LogP contribution in [-0.2, 0) is 4.79 Å². The fraction of sp³-hybridized carbons (Fsp3) is 0.111. The number of rotatable bonds is 5. The molecule has 0 bridgehead atoms. The monoisotopic (exact) mass is 478 g/mol. The van der Waals surface area contributed by atoms with Crippen molar-refractivity contribution in [2.24, 2.45) is 0 Å². The predicted octanol–water partition coefficient (Wildman–Crippen LogP) is 6.55. The molecule has 0 aliphatic rings. The van der Waals surface area contributed by atoms with Gasteiger partial charge >= 0.3 is 0 Å². The van der Waals surface area contributed by atoms with Gasteiger partial charge in [0.2, 0.25) is 5.91 Å². The number of nitrogens with zero attached hydrogens (tertiary/aromatic N) is 3. The van der Waals surface area contributed by atoms with Crippen LogP contribution in [0.1, 0.15) is 18.2 Å². The first-order valence-electron chi connectivity index (χ1n) is 11.4. The summed E-state index contributed by atoms with van der Waals surface area (Å²) in [6.45, 7) is 3.94. The van der Waals surface area contributed by atoms with E-state index in [1.54, 1.807) is 23.7 Å². The van der Waals surface area contributed by atoms with E-state index < -0.39 is 0 Å². The maximum Gasteiger partial charge on any atom is 0.224 e. The van der Waals surface area contributed by atoms with Crippen molar-refractivity contribution in [1.29, 1.82) is 0 Å². The van der Waals surface area contributed by atoms with Gasteiger partial charge in [0.1, 0.15) is 11.2 Å². The highest BCUT2D eigenvalue weighted by atomic mass is 32.1. The average molecular weight is 479 g/mol. The molecule has 7 nitrogen and oxygen atoms in total. The van der Waals surface area contributed by atoms with Gasteiger partial charge in [-0.15, -0.1) is 11.3 Å². The molecule has 6 rings (SSSR count). The van der Waals surface area contributed by atoms with Crippen LogP contribution in [0.25, 0.3) is 55.0 Å². The van der Waals surface area contributed by atoms with Crippen LogP contribution in [-0.4, -0.2) is 31.1 Å². The molecule has 0 saturated carbocycles. The van der Waals surface area contributed by atoms with Gasteiger partial charge in [0, 0.05) is 44.4 Å². The highest BCUT2D eigenvalue weighted by Crippen LogP contribution is 2.36. The van der Waals surface area contributed by atoms with E-state index in [1.165, 1.54) is 15.3 Å². The van der Waals surface area contributed by atoms with Crippen molar-refractivity contribution in [3.8, 4) is 33.1 Å². The third-order valence-electron chi connectivity index (χ3n) is 5.97. The van der Waals surface area contributed by atoms with Crippen molar-refractivity contribution in [3.05, 3.63) is 71.9 Å². The fourth-order valence-corrected chi connectivity index (χ4v) is 5.13. The number of amides is 1. The van der Waals surface area contributed by atoms with E-state index in [4.69, 9.17) is 4.98 Å². The molecular weight excluding hydrogens is 456 g/mol. The smallest absolute Gasteiger partial charge is 0.224 e. The quantitative estimate of drug-likeness (QED) is 0.261. The fourth-order valence-electron chi connectivity index (χ4n) is 4.22. The molecule has 0 aliphatic heterocycles. The van der Waals surface area contributed by atoms with Gasteiger partial charge in [0.15, 0.2) is 0 Å². The van der Waals surface area contributed by atoms with Gasteiger partial charge in [-0.25, -0.2) is 4.98 Å². The van der Waals surface area contributed by atoms with Gasteiger partial charge in [-0.05, 0) is 49.4 Å². The summed E-state index contributed by atoms with van der Waals surface area (Å²) >= 11 is 1.79. The molecule has 5 aromatic heterocycles. The molecule has 1 aromatic carbocycles. The molecule has 8 heteroatoms. The van der Waals surface area contributed by atoms with Crippen LogP contribution in [0, 0.1) is 6.92 Å². The van der Waals surface area contributed by atoms with Gasteiger partial charge in [-0.1, -0.05) is 19.1 Å². The van der Waals surface area contributed by atoms with E-state index in [0.29, 0.717) is 12.1 Å². The summed E-state index contributed by atoms with van der Waals surface area (Å²) in [5.41, 5.74) is 7.76. The predicted molar refractivity (Wildman–Crippen MR) is 141 cm³/mol. The molecule has 0 spiro atoms. The molecule has 6 aromatic rings. The molecule has 0 fully saturated rings. The van der Waals surface area contributed by atoms with Crippen molar-refractivity contribution in [3.63, 3.8) is 0 Å². The summed E-state index contributed by atoms with van der Waals surface area (Å²) in [7, 11) is 0. The normalized spacial score (nSPS) is 11.4. The van der Waals surface area contributed by atoms with E-state index in [9.17, 15) is 4.79 Å². The number of fused-ring (bicyclic) bond motifs is 2. The lowest BCUT2D eigenvalue weighted by atomic mass is 10.1. The van der Waals surface area contributed by atoms with E-state index in [-0.39, 0.29) is 5.91 Å². The Bertz CT molecular complexity index is 1710. The van der Waals surface area contributed by atoms with Gasteiger partial charge in [0.25, 0.3) is 0 Å². The van der Waals surface area contributed by atoms with Crippen LogP contribution in [0.2, 0.25) is 0 Å². The highest BCUT2D eigenvalue weighted by Gasteiger charge is 2.16. The number of H-pyrrole nitrogens is 2. The molecule has 0 aliphatic carbocycles. The molecule has 1 amide bonds. The van der Waals surface area contributed by atoms with Gasteiger partial charge < -0.3 is 10.3 Å². The Labute approximate surface area is 205 Å². The number of carbonyl (C=O) groups excluding carboxylic acids is 1. The lowest BCUT2D eigenvalue weighted by Crippen LogP contribution is -2.09. The van der Waals surface area contributed by atoms with Crippen LogP contribution in [0.3, 0.4) is 0 Å². The number of carbonyl (C=O) groups is 1. The summed E-state index contributed by atoms with van der Waals surface area (Å²) in [6.07, 6.45) is 3.79. The van der Waals surface area contributed by atoms with E-state index in [2.05, 4.69) is 68.8 Å². The summed E-state index contributed by atoms with van der Waals surface area (Å²) in [5, 5.41) is 11.7. The zero-order valence-electron chi connectivity index (χ0n) is 19.2. The maximum absolute atomic E-state index is 11.8. The number of nitrogens with one attached hydrogen (secondary N) is 3. The first kappa shape index (κ1) is 21.2. The second-order valence-corrected chi connectivity index (χ2v) is 9.68. The number of pyridine rings is 2. The van der Waals surface area contributed by atoms with E-state index in [1.807, 2.05) is 25.1 Å². The molecule has 35 heavy (non-hydrogen) atoms. The third-order valence-corrected chi connectivity index (χ3v) is 7.01. The van der Waals surface area contributed by atoms with Crippen molar-refractivity contribution in [2.75, 3.05) is 5.32 Å². The Morgan fingerprint density at radius 3 is 2.80 bits per heavy atom. The Kier molecular flexibility index (Phi) is 5.15. The number of aromatic amines is 2. The summed E-state index contributed by atoms with van der Waals surface area (Å²) in [4.78, 5) is 27.0. The van der Waals surface area contributed by atoms with Crippen LogP contribution in [0.15, 0.2) is 67.0 Å². The summed E-state index contributed by atoms with van der Waals surface area (Å²) < 4.78 is 0. The summed E-state index contributed by atoms with van der Waals surface area (Å²) in [5.74, 6) is -0.0552. The van der Waals surface area contributed by atoms with Crippen LogP contribution in [0.5, 0.6) is 0 Å². The standard InChI is InChI=1S/C27H22N6OS/c1-3-25(34)29-17-11-16(13-28-14-17)20-8-9-22-26(31-20)27(33-32-22)23-12-19-18(5-4-6-21(19)30-23)24-10-7-15(2)35-24/h4-14,30H,3H2,1-2H3,(H,29,34)(H,32,33). The lowest BCUT2D eigenvalue weighted by molar-refractivity contribution is -0.115. The first-order valence-corrected chi connectivity index (χ1v) is 12.2. The molecule has 0 radical (unpaired) electrons. The van der Waals surface area contributed by atoms with Crippen LogP contribution >= 0.6 is 11.3 Å². The Balaban J connectivity index is 1.43. The van der Waals surface area contributed by atoms with Gasteiger partial charge in [-0.2, -0.15) is 5.10 Å². The maximum atomic E-state index is 11.8. The molecule has 5 heterocycles. The first-order chi connectivity index (χ1) is 17.1. The molecule has 3 N–H and O–H groups in total. The number of aromatic nitrogens is 5. The minimum absolute atomic E-state index is 0.0552. The SMILES string of the molecule is CCC(=O)Nc1cncc(-c2ccc3[nH]nc(-c4cc5c(-c6ccc(C)s6)cccc5[nH]4)c3n2)c1. The Morgan fingerprint density at radius 1 is 1.06 bits per heavy atom. The zero-order valence-corrected chi connectivity index (χ0v) is 20.0. The number of anilines is 1. The van der Waals surface area contributed by atoms with Crippen LogP contribution in [0.4, 0.5) is 5.69 Å². The number of benzene rings is 1. The second-order valence-electron chi connectivity index (χ2n) is 8.39. The minimum Gasteiger partial charge on any atom is -0.353 e. The molecule has 0 atom stereocenters. The number of aryl methyl sites for hydroxylation is 1. The molecular formula is C27H22N6OS. The number of hydrogen-bond donors (Lipinski definition) is 3. The number of thiophene rings is 1. The summed E-state index contributed by atoms with van der Waals surface area (Å²) in [6, 6.07) is 18.5. The third kappa shape index (κ3) is 3.87. The second kappa shape index (κ2) is 8.48.